The minimum atomic E-state index is -0.457. The second-order valence-electron chi connectivity index (χ2n) is 5.75. The van der Waals surface area contributed by atoms with Crippen molar-refractivity contribution in [2.24, 2.45) is 11.7 Å². The zero-order chi connectivity index (χ0) is 15.4. The Kier molecular flexibility index (Phi) is 6.84. The molecule has 5 nitrogen and oxygen atoms in total. The van der Waals surface area contributed by atoms with E-state index in [2.05, 4.69) is 0 Å². The summed E-state index contributed by atoms with van der Waals surface area (Å²) in [5, 5.41) is 0. The van der Waals surface area contributed by atoms with Crippen LogP contribution < -0.4 is 5.73 Å². The Bertz CT molecular complexity index is 499. The molecule has 0 radical (unpaired) electrons. The molecule has 1 aliphatic rings. The van der Waals surface area contributed by atoms with E-state index in [0.29, 0.717) is 31.7 Å². The third kappa shape index (κ3) is 4.21. The van der Waals surface area contributed by atoms with Crippen molar-refractivity contribution >= 4 is 24.2 Å². The number of amides is 2. The van der Waals surface area contributed by atoms with Gasteiger partial charge in [-0.1, -0.05) is 32.0 Å². The van der Waals surface area contributed by atoms with Crippen LogP contribution in [0.3, 0.4) is 0 Å². The molecule has 0 aromatic heterocycles. The Morgan fingerprint density at radius 2 is 1.50 bits per heavy atom. The average Bonchev–Trinajstić information content (AvgIpc) is 2.53. The van der Waals surface area contributed by atoms with E-state index in [1.54, 1.807) is 9.80 Å². The van der Waals surface area contributed by atoms with E-state index in [1.807, 2.05) is 44.2 Å². The first-order valence-corrected chi connectivity index (χ1v) is 7.39. The summed E-state index contributed by atoms with van der Waals surface area (Å²) in [6, 6.07) is 8.77. The van der Waals surface area contributed by atoms with Gasteiger partial charge in [-0.25, -0.2) is 0 Å². The lowest BCUT2D eigenvalue weighted by Crippen LogP contribution is -2.55. The fourth-order valence-electron chi connectivity index (χ4n) is 2.39. The highest BCUT2D eigenvalue weighted by atomic mass is 35.5. The van der Waals surface area contributed by atoms with E-state index in [-0.39, 0.29) is 30.1 Å². The SMILES string of the molecule is CC(C)C(N)C(=O)N1CCN(C(=O)c2ccccc2)CC1.Cl. The number of carbonyl (C=O) groups excluding carboxylic acids is 2. The highest BCUT2D eigenvalue weighted by Crippen LogP contribution is 2.11. The molecule has 1 fully saturated rings. The number of hydrogen-bond acceptors (Lipinski definition) is 3. The third-order valence-corrected chi connectivity index (χ3v) is 3.90. The molecule has 0 saturated carbocycles. The molecule has 1 unspecified atom stereocenters. The Balaban J connectivity index is 0.00000242. The molecule has 6 heteroatoms. The summed E-state index contributed by atoms with van der Waals surface area (Å²) < 4.78 is 0. The van der Waals surface area contributed by atoms with Crippen LogP contribution in [0.5, 0.6) is 0 Å². The number of nitrogens with zero attached hydrogens (tertiary/aromatic N) is 2. The minimum absolute atomic E-state index is 0. The van der Waals surface area contributed by atoms with Crippen LogP contribution in [0.25, 0.3) is 0 Å². The molecule has 1 heterocycles. The second kappa shape index (κ2) is 8.15. The number of hydrogen-bond donors (Lipinski definition) is 1. The molecule has 0 aliphatic carbocycles. The Hall–Kier alpha value is -1.59. The van der Waals surface area contributed by atoms with Gasteiger partial charge in [0.2, 0.25) is 5.91 Å². The van der Waals surface area contributed by atoms with Crippen molar-refractivity contribution in [3.8, 4) is 0 Å². The molecule has 2 amide bonds. The van der Waals surface area contributed by atoms with Gasteiger partial charge in [0.1, 0.15) is 0 Å². The van der Waals surface area contributed by atoms with Crippen molar-refractivity contribution < 1.29 is 9.59 Å². The van der Waals surface area contributed by atoms with Gasteiger partial charge in [-0.15, -0.1) is 12.4 Å². The van der Waals surface area contributed by atoms with Gasteiger partial charge in [-0.2, -0.15) is 0 Å². The molecule has 1 aromatic rings. The van der Waals surface area contributed by atoms with E-state index in [0.717, 1.165) is 0 Å². The molecule has 1 atom stereocenters. The highest BCUT2D eigenvalue weighted by Gasteiger charge is 2.28. The largest absolute Gasteiger partial charge is 0.338 e. The van der Waals surface area contributed by atoms with E-state index >= 15 is 0 Å². The molecule has 2 N–H and O–H groups in total. The molecule has 0 spiro atoms. The van der Waals surface area contributed by atoms with Gasteiger partial charge in [0.15, 0.2) is 0 Å². The monoisotopic (exact) mass is 325 g/mol. The summed E-state index contributed by atoms with van der Waals surface area (Å²) >= 11 is 0. The molecular weight excluding hydrogens is 302 g/mol. The van der Waals surface area contributed by atoms with Gasteiger partial charge < -0.3 is 15.5 Å². The number of nitrogens with two attached hydrogens (primary N) is 1. The van der Waals surface area contributed by atoms with Crippen LogP contribution in [-0.2, 0) is 4.79 Å². The number of carbonyl (C=O) groups is 2. The zero-order valence-corrected chi connectivity index (χ0v) is 13.9. The van der Waals surface area contributed by atoms with Crippen LogP contribution in [0.4, 0.5) is 0 Å². The second-order valence-corrected chi connectivity index (χ2v) is 5.75. The van der Waals surface area contributed by atoms with E-state index < -0.39 is 6.04 Å². The summed E-state index contributed by atoms with van der Waals surface area (Å²) in [7, 11) is 0. The molecule has 2 rings (SSSR count). The maximum atomic E-state index is 12.3. The van der Waals surface area contributed by atoms with Gasteiger partial charge in [0.05, 0.1) is 6.04 Å². The topological polar surface area (TPSA) is 66.6 Å². The zero-order valence-electron chi connectivity index (χ0n) is 13.1. The van der Waals surface area contributed by atoms with Gasteiger partial charge in [0.25, 0.3) is 5.91 Å². The van der Waals surface area contributed by atoms with Crippen LogP contribution >= 0.6 is 12.4 Å². The predicted octanol–water partition coefficient (Wildman–Crippen LogP) is 1.38. The van der Waals surface area contributed by atoms with E-state index in [9.17, 15) is 9.59 Å². The van der Waals surface area contributed by atoms with Gasteiger partial charge in [-0.05, 0) is 18.1 Å². The fourth-order valence-corrected chi connectivity index (χ4v) is 2.39. The van der Waals surface area contributed by atoms with Crippen molar-refractivity contribution in [1.29, 1.82) is 0 Å². The lowest BCUT2D eigenvalue weighted by atomic mass is 10.0. The molecule has 0 bridgehead atoms. The van der Waals surface area contributed by atoms with Crippen LogP contribution in [0.15, 0.2) is 30.3 Å². The minimum Gasteiger partial charge on any atom is -0.338 e. The lowest BCUT2D eigenvalue weighted by molar-refractivity contribution is -0.135. The Morgan fingerprint density at radius 1 is 1.00 bits per heavy atom. The molecule has 122 valence electrons. The molecule has 1 saturated heterocycles. The van der Waals surface area contributed by atoms with Crippen LogP contribution in [0, 0.1) is 5.92 Å². The Morgan fingerprint density at radius 3 is 2.00 bits per heavy atom. The van der Waals surface area contributed by atoms with Crippen molar-refractivity contribution in [2.75, 3.05) is 26.2 Å². The first-order valence-electron chi connectivity index (χ1n) is 7.39. The van der Waals surface area contributed by atoms with E-state index in [1.165, 1.54) is 0 Å². The predicted molar refractivity (Wildman–Crippen MR) is 89.0 cm³/mol. The van der Waals surface area contributed by atoms with Crippen molar-refractivity contribution in [1.82, 2.24) is 9.80 Å². The van der Waals surface area contributed by atoms with Crippen molar-refractivity contribution in [2.45, 2.75) is 19.9 Å². The van der Waals surface area contributed by atoms with Gasteiger partial charge in [0, 0.05) is 31.7 Å². The maximum absolute atomic E-state index is 12.3. The fraction of sp³-hybridized carbons (Fsp3) is 0.500. The number of halogens is 1. The number of benzene rings is 1. The normalized spacial score (nSPS) is 16.2. The molecular formula is C16H24ClN3O2. The van der Waals surface area contributed by atoms with Crippen molar-refractivity contribution in [3.05, 3.63) is 35.9 Å². The summed E-state index contributed by atoms with van der Waals surface area (Å²) in [6.45, 7) is 6.11. The quantitative estimate of drug-likeness (QED) is 0.913. The maximum Gasteiger partial charge on any atom is 0.253 e. The van der Waals surface area contributed by atoms with Crippen LogP contribution in [0.1, 0.15) is 24.2 Å². The van der Waals surface area contributed by atoms with E-state index in [4.69, 9.17) is 5.73 Å². The van der Waals surface area contributed by atoms with Crippen molar-refractivity contribution in [3.63, 3.8) is 0 Å². The van der Waals surface area contributed by atoms with Crippen LogP contribution in [-0.4, -0.2) is 53.8 Å². The Labute approximate surface area is 137 Å². The first kappa shape index (κ1) is 18.5. The van der Waals surface area contributed by atoms with Crippen LogP contribution in [0.2, 0.25) is 0 Å². The number of rotatable bonds is 3. The highest BCUT2D eigenvalue weighted by molar-refractivity contribution is 5.94. The summed E-state index contributed by atoms with van der Waals surface area (Å²) in [5.41, 5.74) is 6.60. The summed E-state index contributed by atoms with van der Waals surface area (Å²) in [6.07, 6.45) is 0. The third-order valence-electron chi connectivity index (χ3n) is 3.90. The summed E-state index contributed by atoms with van der Waals surface area (Å²) in [5.74, 6) is 0.133. The number of piperazine rings is 1. The molecule has 22 heavy (non-hydrogen) atoms. The van der Waals surface area contributed by atoms with Gasteiger partial charge in [-0.3, -0.25) is 9.59 Å². The standard InChI is InChI=1S/C16H23N3O2.ClH/c1-12(2)14(17)16(21)19-10-8-18(9-11-19)15(20)13-6-4-3-5-7-13;/h3-7,12,14H,8-11,17H2,1-2H3;1H. The van der Waals surface area contributed by atoms with Gasteiger partial charge >= 0.3 is 0 Å². The molecule has 1 aromatic carbocycles. The average molecular weight is 326 g/mol. The lowest BCUT2D eigenvalue weighted by Gasteiger charge is -2.36. The first-order chi connectivity index (χ1) is 10.0. The smallest absolute Gasteiger partial charge is 0.253 e. The summed E-state index contributed by atoms with van der Waals surface area (Å²) in [4.78, 5) is 28.1. The molecule has 1 aliphatic heterocycles.